The molecule has 1 heterocycles. The summed E-state index contributed by atoms with van der Waals surface area (Å²) >= 11 is 0. The third-order valence-electron chi connectivity index (χ3n) is 1.94. The highest BCUT2D eigenvalue weighted by Gasteiger charge is 2.11. The minimum absolute atomic E-state index is 0.145. The summed E-state index contributed by atoms with van der Waals surface area (Å²) in [5.74, 6) is 0.145. The highest BCUT2D eigenvalue weighted by molar-refractivity contribution is 5.73. The Morgan fingerprint density at radius 1 is 1.20 bits per heavy atom. The topological polar surface area (TPSA) is 68.3 Å². The van der Waals surface area contributed by atoms with Crippen molar-refractivity contribution in [3.05, 3.63) is 52.8 Å². The third-order valence-corrected chi connectivity index (χ3v) is 1.94. The van der Waals surface area contributed by atoms with Crippen molar-refractivity contribution >= 4 is 5.88 Å². The predicted octanol–water partition coefficient (Wildman–Crippen LogP) is 2.55. The lowest BCUT2D eigenvalue weighted by molar-refractivity contribution is -0.446. The number of nitrogens with zero attached hydrogens (tertiary/aromatic N) is 1. The van der Waals surface area contributed by atoms with Gasteiger partial charge in [0.05, 0.1) is 11.8 Å². The van der Waals surface area contributed by atoms with E-state index in [1.165, 1.54) is 6.26 Å². The number of nitro groups is 1. The SMILES string of the molecule is O=[N+]([O-])Nc1occc1-c1ccccc1. The van der Waals surface area contributed by atoms with Gasteiger partial charge < -0.3 is 4.42 Å². The molecule has 1 aromatic carbocycles. The summed E-state index contributed by atoms with van der Waals surface area (Å²) in [6, 6.07) is 11.0. The Bertz CT molecular complexity index is 465. The minimum Gasteiger partial charge on any atom is -0.444 e. The lowest BCUT2D eigenvalue weighted by Gasteiger charge is -1.98. The highest BCUT2D eigenvalue weighted by Crippen LogP contribution is 2.28. The molecule has 1 N–H and O–H groups in total. The fourth-order valence-corrected chi connectivity index (χ4v) is 1.32. The second kappa shape index (κ2) is 3.83. The first-order valence-corrected chi connectivity index (χ1v) is 4.31. The van der Waals surface area contributed by atoms with Gasteiger partial charge in [0.2, 0.25) is 0 Å². The van der Waals surface area contributed by atoms with Crippen LogP contribution in [0.25, 0.3) is 11.1 Å². The molecule has 5 heteroatoms. The average molecular weight is 204 g/mol. The van der Waals surface area contributed by atoms with Gasteiger partial charge in [-0.05, 0) is 11.6 Å². The largest absolute Gasteiger partial charge is 0.444 e. The Morgan fingerprint density at radius 3 is 2.60 bits per heavy atom. The van der Waals surface area contributed by atoms with Crippen molar-refractivity contribution in [2.24, 2.45) is 0 Å². The Hall–Kier alpha value is -2.30. The van der Waals surface area contributed by atoms with Gasteiger partial charge in [-0.2, -0.15) is 0 Å². The average Bonchev–Trinajstić information content (AvgIpc) is 2.66. The van der Waals surface area contributed by atoms with E-state index in [9.17, 15) is 10.1 Å². The molecule has 0 aliphatic rings. The Labute approximate surface area is 85.5 Å². The number of anilines is 1. The Balaban J connectivity index is 2.37. The third kappa shape index (κ3) is 1.96. The predicted molar refractivity (Wildman–Crippen MR) is 54.8 cm³/mol. The van der Waals surface area contributed by atoms with Crippen molar-refractivity contribution < 1.29 is 9.45 Å². The zero-order chi connectivity index (χ0) is 10.7. The van der Waals surface area contributed by atoms with Gasteiger partial charge in [0, 0.05) is 0 Å². The van der Waals surface area contributed by atoms with Gasteiger partial charge >= 0.3 is 0 Å². The van der Waals surface area contributed by atoms with Crippen molar-refractivity contribution in [2.45, 2.75) is 0 Å². The van der Waals surface area contributed by atoms with E-state index in [1.54, 1.807) is 6.07 Å². The molecule has 0 saturated heterocycles. The van der Waals surface area contributed by atoms with E-state index < -0.39 is 5.03 Å². The second-order valence-electron chi connectivity index (χ2n) is 2.90. The van der Waals surface area contributed by atoms with E-state index in [0.29, 0.717) is 5.56 Å². The second-order valence-corrected chi connectivity index (χ2v) is 2.90. The van der Waals surface area contributed by atoms with Crippen molar-refractivity contribution in [2.75, 3.05) is 5.43 Å². The highest BCUT2D eigenvalue weighted by atomic mass is 16.7. The molecule has 0 spiro atoms. The van der Waals surface area contributed by atoms with Crippen LogP contribution < -0.4 is 5.43 Å². The molecular formula is C10H8N2O3. The monoisotopic (exact) mass is 204 g/mol. The van der Waals surface area contributed by atoms with Crippen LogP contribution in [-0.2, 0) is 0 Å². The number of benzene rings is 1. The van der Waals surface area contributed by atoms with E-state index in [-0.39, 0.29) is 5.88 Å². The van der Waals surface area contributed by atoms with Gasteiger partial charge in [0.15, 0.2) is 5.03 Å². The number of hydrogen-bond donors (Lipinski definition) is 1. The molecule has 0 fully saturated rings. The van der Waals surface area contributed by atoms with E-state index in [4.69, 9.17) is 4.42 Å². The fraction of sp³-hybridized carbons (Fsp3) is 0. The Kier molecular flexibility index (Phi) is 2.37. The molecule has 0 saturated carbocycles. The maximum Gasteiger partial charge on any atom is 0.262 e. The van der Waals surface area contributed by atoms with Crippen molar-refractivity contribution in [3.63, 3.8) is 0 Å². The molecule has 0 amide bonds. The lowest BCUT2D eigenvalue weighted by Crippen LogP contribution is -2.07. The molecule has 0 atom stereocenters. The fourth-order valence-electron chi connectivity index (χ4n) is 1.32. The molecule has 0 aliphatic heterocycles. The van der Waals surface area contributed by atoms with Crippen molar-refractivity contribution in [1.29, 1.82) is 0 Å². The maximum atomic E-state index is 10.3. The number of rotatable bonds is 3. The van der Waals surface area contributed by atoms with Crippen LogP contribution in [0.2, 0.25) is 0 Å². The van der Waals surface area contributed by atoms with Crippen LogP contribution in [0.3, 0.4) is 0 Å². The quantitative estimate of drug-likeness (QED) is 0.616. The number of hydrazine groups is 1. The smallest absolute Gasteiger partial charge is 0.262 e. The summed E-state index contributed by atoms with van der Waals surface area (Å²) in [4.78, 5) is 10.3. The first-order valence-electron chi connectivity index (χ1n) is 4.31. The molecule has 1 aromatic heterocycles. The zero-order valence-electron chi connectivity index (χ0n) is 7.71. The number of hydrogen-bond acceptors (Lipinski definition) is 3. The molecule has 5 nitrogen and oxygen atoms in total. The molecule has 2 aromatic rings. The molecule has 15 heavy (non-hydrogen) atoms. The Morgan fingerprint density at radius 2 is 1.93 bits per heavy atom. The van der Waals surface area contributed by atoms with Gasteiger partial charge in [-0.1, -0.05) is 35.8 Å². The minimum atomic E-state index is -0.648. The van der Waals surface area contributed by atoms with Crippen LogP contribution in [0.4, 0.5) is 5.88 Å². The zero-order valence-corrected chi connectivity index (χ0v) is 7.71. The molecule has 0 radical (unpaired) electrons. The molecule has 0 bridgehead atoms. The van der Waals surface area contributed by atoms with E-state index in [0.717, 1.165) is 5.56 Å². The van der Waals surface area contributed by atoms with Gasteiger partial charge in [-0.15, -0.1) is 0 Å². The van der Waals surface area contributed by atoms with Gasteiger partial charge in [0.25, 0.3) is 5.88 Å². The summed E-state index contributed by atoms with van der Waals surface area (Å²) in [5.41, 5.74) is 3.55. The van der Waals surface area contributed by atoms with Crippen molar-refractivity contribution in [1.82, 2.24) is 0 Å². The summed E-state index contributed by atoms with van der Waals surface area (Å²) in [6.45, 7) is 0. The normalized spacial score (nSPS) is 9.87. The molecule has 76 valence electrons. The maximum absolute atomic E-state index is 10.3. The van der Waals surface area contributed by atoms with Crippen LogP contribution >= 0.6 is 0 Å². The summed E-state index contributed by atoms with van der Waals surface area (Å²) in [6.07, 6.45) is 1.41. The number of nitrogens with one attached hydrogen (secondary N) is 1. The van der Waals surface area contributed by atoms with E-state index in [1.807, 2.05) is 35.8 Å². The van der Waals surface area contributed by atoms with Gasteiger partial charge in [-0.25, -0.2) is 10.1 Å². The standard InChI is InChI=1S/C10H8N2O3/c13-12(14)11-10-9(6-7-15-10)8-4-2-1-3-5-8/h1-7,11H. The first kappa shape index (κ1) is 9.26. The number of furan rings is 1. The van der Waals surface area contributed by atoms with E-state index in [2.05, 4.69) is 0 Å². The van der Waals surface area contributed by atoms with Crippen LogP contribution in [0.1, 0.15) is 0 Å². The molecule has 0 aliphatic carbocycles. The van der Waals surface area contributed by atoms with Gasteiger partial charge in [-0.3, -0.25) is 0 Å². The van der Waals surface area contributed by atoms with Crippen LogP contribution in [0.15, 0.2) is 47.1 Å². The van der Waals surface area contributed by atoms with Crippen LogP contribution in [0.5, 0.6) is 0 Å². The molecule has 2 rings (SSSR count). The summed E-state index contributed by atoms with van der Waals surface area (Å²) < 4.78 is 4.98. The van der Waals surface area contributed by atoms with Crippen molar-refractivity contribution in [3.8, 4) is 11.1 Å². The lowest BCUT2D eigenvalue weighted by atomic mass is 10.1. The van der Waals surface area contributed by atoms with E-state index >= 15 is 0 Å². The van der Waals surface area contributed by atoms with Crippen LogP contribution in [0, 0.1) is 10.1 Å². The summed E-state index contributed by atoms with van der Waals surface area (Å²) in [5, 5.41) is 9.64. The van der Waals surface area contributed by atoms with Crippen LogP contribution in [-0.4, -0.2) is 5.03 Å². The first-order chi connectivity index (χ1) is 7.27. The molecular weight excluding hydrogens is 196 g/mol. The van der Waals surface area contributed by atoms with Gasteiger partial charge in [0.1, 0.15) is 0 Å². The summed E-state index contributed by atoms with van der Waals surface area (Å²) in [7, 11) is 0. The molecule has 0 unspecified atom stereocenters.